The second-order valence-electron chi connectivity index (χ2n) is 5.19. The van der Waals surface area contributed by atoms with Crippen molar-refractivity contribution in [1.82, 2.24) is 5.32 Å². The second kappa shape index (κ2) is 5.99. The van der Waals surface area contributed by atoms with Crippen LogP contribution in [0.3, 0.4) is 0 Å². The summed E-state index contributed by atoms with van der Waals surface area (Å²) in [4.78, 5) is 0. The zero-order valence-electron chi connectivity index (χ0n) is 11.0. The second-order valence-corrected chi connectivity index (χ2v) is 5.19. The lowest BCUT2D eigenvalue weighted by Crippen LogP contribution is -2.40. The molecule has 1 aliphatic rings. The maximum Gasteiger partial charge on any atom is 0.392 e. The molecule has 1 heterocycles. The minimum Gasteiger partial charge on any atom is -0.472 e. The first-order valence-corrected chi connectivity index (χ1v) is 6.86. The van der Waals surface area contributed by atoms with Crippen LogP contribution in [0.4, 0.5) is 13.2 Å². The van der Waals surface area contributed by atoms with Crippen LogP contribution < -0.4 is 5.32 Å². The van der Waals surface area contributed by atoms with Crippen molar-refractivity contribution in [3.8, 4) is 0 Å². The molecule has 3 atom stereocenters. The van der Waals surface area contributed by atoms with Gasteiger partial charge in [0.15, 0.2) is 0 Å². The van der Waals surface area contributed by atoms with Gasteiger partial charge in [-0.2, -0.15) is 13.2 Å². The molecule has 0 aliphatic heterocycles. The molecule has 2 rings (SSSR count). The first kappa shape index (κ1) is 14.4. The Kier molecular flexibility index (Phi) is 4.55. The van der Waals surface area contributed by atoms with E-state index >= 15 is 0 Å². The van der Waals surface area contributed by atoms with Crippen molar-refractivity contribution in [2.24, 2.45) is 11.8 Å². The van der Waals surface area contributed by atoms with Gasteiger partial charge in [0.2, 0.25) is 0 Å². The fourth-order valence-electron chi connectivity index (χ4n) is 3.15. The topological polar surface area (TPSA) is 25.2 Å². The SMILES string of the molecule is CCNC(c1ccoc1)C1CCCCC1C(F)(F)F. The van der Waals surface area contributed by atoms with Crippen LogP contribution in [0.15, 0.2) is 23.0 Å². The standard InChI is InChI=1S/C14H20F3NO/c1-2-18-13(10-7-8-19-9-10)11-5-3-4-6-12(11)14(15,16)17/h7-9,11-13,18H,2-6H2,1H3. The molecule has 1 fully saturated rings. The molecule has 0 spiro atoms. The Balaban J connectivity index is 2.23. The molecule has 1 aromatic heterocycles. The summed E-state index contributed by atoms with van der Waals surface area (Å²) in [7, 11) is 0. The smallest absolute Gasteiger partial charge is 0.392 e. The van der Waals surface area contributed by atoms with Crippen molar-refractivity contribution in [2.75, 3.05) is 6.54 Å². The van der Waals surface area contributed by atoms with Crippen LogP contribution in [0.1, 0.15) is 44.2 Å². The zero-order chi connectivity index (χ0) is 13.9. The van der Waals surface area contributed by atoms with Gasteiger partial charge in [0.1, 0.15) is 0 Å². The average molecular weight is 275 g/mol. The largest absolute Gasteiger partial charge is 0.472 e. The Hall–Kier alpha value is -0.970. The van der Waals surface area contributed by atoms with E-state index in [4.69, 9.17) is 4.42 Å². The maximum absolute atomic E-state index is 13.2. The van der Waals surface area contributed by atoms with Crippen molar-refractivity contribution in [3.63, 3.8) is 0 Å². The molecule has 0 aromatic carbocycles. The number of rotatable bonds is 4. The fourth-order valence-corrected chi connectivity index (χ4v) is 3.15. The highest BCUT2D eigenvalue weighted by molar-refractivity contribution is 5.14. The Bertz CT molecular complexity index is 375. The van der Waals surface area contributed by atoms with Gasteiger partial charge in [-0.25, -0.2) is 0 Å². The van der Waals surface area contributed by atoms with Crippen LogP contribution in [0.25, 0.3) is 0 Å². The Morgan fingerprint density at radius 1 is 1.37 bits per heavy atom. The molecule has 3 unspecified atom stereocenters. The number of hydrogen-bond donors (Lipinski definition) is 1. The van der Waals surface area contributed by atoms with Crippen LogP contribution in [0.5, 0.6) is 0 Å². The lowest BCUT2D eigenvalue weighted by atomic mass is 9.73. The predicted octanol–water partition coefficient (Wildman–Crippen LogP) is 4.30. The molecule has 5 heteroatoms. The van der Waals surface area contributed by atoms with Gasteiger partial charge in [-0.05, 0) is 31.4 Å². The van der Waals surface area contributed by atoms with Crippen LogP contribution in [-0.4, -0.2) is 12.7 Å². The lowest BCUT2D eigenvalue weighted by Gasteiger charge is -2.38. The van der Waals surface area contributed by atoms with Gasteiger partial charge in [-0.1, -0.05) is 19.8 Å². The van der Waals surface area contributed by atoms with Crippen LogP contribution in [0.2, 0.25) is 0 Å². The summed E-state index contributed by atoms with van der Waals surface area (Å²) in [6.45, 7) is 2.56. The molecule has 1 aromatic rings. The van der Waals surface area contributed by atoms with Crippen LogP contribution >= 0.6 is 0 Å². The van der Waals surface area contributed by atoms with E-state index in [0.717, 1.165) is 12.0 Å². The normalized spacial score (nSPS) is 26.3. The van der Waals surface area contributed by atoms with Gasteiger partial charge in [-0.15, -0.1) is 0 Å². The van der Waals surface area contributed by atoms with E-state index in [0.29, 0.717) is 19.4 Å². The number of hydrogen-bond acceptors (Lipinski definition) is 2. The van der Waals surface area contributed by atoms with Gasteiger partial charge >= 0.3 is 6.18 Å². The first-order chi connectivity index (χ1) is 9.04. The van der Waals surface area contributed by atoms with E-state index in [9.17, 15) is 13.2 Å². The average Bonchev–Trinajstić information content (AvgIpc) is 2.88. The molecule has 1 N–H and O–H groups in total. The van der Waals surface area contributed by atoms with Crippen molar-refractivity contribution < 1.29 is 17.6 Å². The summed E-state index contributed by atoms with van der Waals surface area (Å²) < 4.78 is 44.6. The van der Waals surface area contributed by atoms with E-state index in [2.05, 4.69) is 5.32 Å². The van der Waals surface area contributed by atoms with Gasteiger partial charge < -0.3 is 9.73 Å². The highest BCUT2D eigenvalue weighted by Gasteiger charge is 2.48. The highest BCUT2D eigenvalue weighted by atomic mass is 19.4. The van der Waals surface area contributed by atoms with Crippen molar-refractivity contribution >= 4 is 0 Å². The number of alkyl halides is 3. The first-order valence-electron chi connectivity index (χ1n) is 6.86. The van der Waals surface area contributed by atoms with Crippen molar-refractivity contribution in [3.05, 3.63) is 24.2 Å². The Morgan fingerprint density at radius 2 is 2.11 bits per heavy atom. The quantitative estimate of drug-likeness (QED) is 0.886. The summed E-state index contributed by atoms with van der Waals surface area (Å²) in [6.07, 6.45) is 1.37. The zero-order valence-corrected chi connectivity index (χ0v) is 11.0. The number of furan rings is 1. The van der Waals surface area contributed by atoms with Gasteiger partial charge in [-0.3, -0.25) is 0 Å². The van der Waals surface area contributed by atoms with Crippen molar-refractivity contribution in [1.29, 1.82) is 0 Å². The summed E-state index contributed by atoms with van der Waals surface area (Å²) in [6, 6.07) is 1.49. The van der Waals surface area contributed by atoms with Gasteiger partial charge in [0.05, 0.1) is 18.4 Å². The molecule has 108 valence electrons. The molecular weight excluding hydrogens is 255 g/mol. The minimum atomic E-state index is -4.11. The molecule has 2 nitrogen and oxygen atoms in total. The third kappa shape index (κ3) is 3.32. The molecular formula is C14H20F3NO. The molecule has 0 radical (unpaired) electrons. The van der Waals surface area contributed by atoms with Gasteiger partial charge in [0, 0.05) is 11.6 Å². The molecule has 0 amide bonds. The van der Waals surface area contributed by atoms with E-state index in [-0.39, 0.29) is 12.5 Å². The van der Waals surface area contributed by atoms with Crippen molar-refractivity contribution in [2.45, 2.75) is 44.8 Å². The van der Waals surface area contributed by atoms with E-state index in [1.54, 1.807) is 12.3 Å². The molecule has 1 saturated carbocycles. The Labute approximate surface area is 111 Å². The number of nitrogens with one attached hydrogen (secondary N) is 1. The lowest BCUT2D eigenvalue weighted by molar-refractivity contribution is -0.199. The Morgan fingerprint density at radius 3 is 2.68 bits per heavy atom. The fraction of sp³-hybridized carbons (Fsp3) is 0.714. The third-order valence-electron chi connectivity index (χ3n) is 3.99. The van der Waals surface area contributed by atoms with E-state index < -0.39 is 18.0 Å². The summed E-state index contributed by atoms with van der Waals surface area (Å²) in [5.74, 6) is -1.61. The monoisotopic (exact) mass is 275 g/mol. The van der Waals surface area contributed by atoms with E-state index in [1.807, 2.05) is 6.92 Å². The van der Waals surface area contributed by atoms with Crippen LogP contribution in [-0.2, 0) is 0 Å². The highest BCUT2D eigenvalue weighted by Crippen LogP contribution is 2.46. The summed E-state index contributed by atoms with van der Waals surface area (Å²) in [5.41, 5.74) is 0.822. The molecule has 0 bridgehead atoms. The maximum atomic E-state index is 13.2. The van der Waals surface area contributed by atoms with Crippen LogP contribution in [0, 0.1) is 11.8 Å². The van der Waals surface area contributed by atoms with Gasteiger partial charge in [0.25, 0.3) is 0 Å². The third-order valence-corrected chi connectivity index (χ3v) is 3.99. The summed E-state index contributed by atoms with van der Waals surface area (Å²) in [5, 5.41) is 3.20. The summed E-state index contributed by atoms with van der Waals surface area (Å²) >= 11 is 0. The number of halogens is 3. The molecule has 19 heavy (non-hydrogen) atoms. The predicted molar refractivity (Wildman–Crippen MR) is 66.6 cm³/mol. The molecule has 1 aliphatic carbocycles. The molecule has 0 saturated heterocycles. The van der Waals surface area contributed by atoms with E-state index in [1.165, 1.54) is 6.26 Å². The minimum absolute atomic E-state index is 0.244.